The van der Waals surface area contributed by atoms with Crippen LogP contribution in [0.25, 0.3) is 0 Å². The zero-order valence-corrected chi connectivity index (χ0v) is 16.6. The van der Waals surface area contributed by atoms with Gasteiger partial charge in [-0.25, -0.2) is 9.98 Å². The lowest BCUT2D eigenvalue weighted by Gasteiger charge is -2.23. The van der Waals surface area contributed by atoms with Crippen LogP contribution in [0.5, 0.6) is 0 Å². The molecule has 0 saturated carbocycles. The highest BCUT2D eigenvalue weighted by Crippen LogP contribution is 2.02. The number of carbonyl (C=O) groups excluding carboxylic acids is 2. The van der Waals surface area contributed by atoms with E-state index in [0.29, 0.717) is 26.3 Å². The summed E-state index contributed by atoms with van der Waals surface area (Å²) < 4.78 is 10.2. The Kier molecular flexibility index (Phi) is 11.3. The third-order valence-electron chi connectivity index (χ3n) is 3.68. The molecule has 0 aromatic rings. The van der Waals surface area contributed by atoms with Crippen LogP contribution in [0.1, 0.15) is 13.3 Å². The minimum absolute atomic E-state index is 0.0590. The maximum atomic E-state index is 11.8. The summed E-state index contributed by atoms with van der Waals surface area (Å²) in [5, 5.41) is 20.7. The Morgan fingerprint density at radius 3 is 2.68 bits per heavy atom. The van der Waals surface area contributed by atoms with E-state index in [0.717, 1.165) is 0 Å². The second-order valence-corrected chi connectivity index (χ2v) is 6.24. The van der Waals surface area contributed by atoms with E-state index in [-0.39, 0.29) is 30.9 Å². The molecule has 3 N–H and O–H groups in total. The van der Waals surface area contributed by atoms with Crippen molar-refractivity contribution in [1.82, 2.24) is 10.2 Å². The second kappa shape index (κ2) is 13.2. The van der Waals surface area contributed by atoms with Crippen molar-refractivity contribution in [2.45, 2.75) is 19.4 Å². The van der Waals surface area contributed by atoms with E-state index in [4.69, 9.17) is 26.2 Å². The summed E-state index contributed by atoms with van der Waals surface area (Å²) >= 11 is 5.90. The minimum Gasteiger partial charge on any atom is -0.396 e. The van der Waals surface area contributed by atoms with Crippen LogP contribution >= 0.6 is 11.6 Å². The summed E-state index contributed by atoms with van der Waals surface area (Å²) in [6, 6.07) is -0.269. The zero-order chi connectivity index (χ0) is 20.9. The number of ether oxygens (including phenoxy) is 2. The Morgan fingerprint density at radius 2 is 2.07 bits per heavy atom. The van der Waals surface area contributed by atoms with Gasteiger partial charge in [0.15, 0.2) is 0 Å². The van der Waals surface area contributed by atoms with Crippen molar-refractivity contribution in [3.63, 3.8) is 0 Å². The van der Waals surface area contributed by atoms with E-state index >= 15 is 0 Å². The lowest BCUT2D eigenvalue weighted by atomic mass is 10.1. The molecule has 2 unspecified atom stereocenters. The molecule has 158 valence electrons. The molecule has 1 amide bonds. The fraction of sp³-hybridized carbons (Fsp3) is 0.688. The van der Waals surface area contributed by atoms with Gasteiger partial charge in [-0.3, -0.25) is 9.59 Å². The Morgan fingerprint density at radius 1 is 1.39 bits per heavy atom. The quantitative estimate of drug-likeness (QED) is 0.207. The van der Waals surface area contributed by atoms with E-state index in [2.05, 4.69) is 20.3 Å². The molecule has 1 saturated heterocycles. The first-order valence-corrected chi connectivity index (χ1v) is 9.09. The van der Waals surface area contributed by atoms with E-state index in [1.807, 2.05) is 4.90 Å². The van der Waals surface area contributed by atoms with Gasteiger partial charge in [0.2, 0.25) is 11.2 Å². The standard InChI is InChI=1S/C16H26ClN5O6/c1-11(9-23)13(25)14(26)19-4-3-12(24)28-16(18-2)21-15(17)20-10-22-5-7-27-8-6-22/h10-11,13,23,25H,3-9H2,1-2H3,(H,19,26)/b18-16?,20-10+,21-15-. The molecule has 1 aliphatic heterocycles. The van der Waals surface area contributed by atoms with Crippen LogP contribution < -0.4 is 5.32 Å². The summed E-state index contributed by atoms with van der Waals surface area (Å²) in [6.45, 7) is 3.71. The number of aliphatic hydroxyl groups is 2. The number of esters is 1. The van der Waals surface area contributed by atoms with E-state index in [1.165, 1.54) is 20.3 Å². The largest absolute Gasteiger partial charge is 0.396 e. The topological polar surface area (TPSA) is 145 Å². The van der Waals surface area contributed by atoms with Gasteiger partial charge in [-0.15, -0.1) is 0 Å². The molecule has 1 aliphatic rings. The van der Waals surface area contributed by atoms with Crippen molar-refractivity contribution in [1.29, 1.82) is 0 Å². The lowest BCUT2D eigenvalue weighted by molar-refractivity contribution is -0.136. The third kappa shape index (κ3) is 9.22. The molecule has 1 fully saturated rings. The summed E-state index contributed by atoms with van der Waals surface area (Å²) in [5.74, 6) is -1.99. The maximum Gasteiger partial charge on any atom is 0.322 e. The number of aliphatic hydroxyl groups excluding tert-OH is 2. The summed E-state index contributed by atoms with van der Waals surface area (Å²) in [5.41, 5.74) is 0. The summed E-state index contributed by atoms with van der Waals surface area (Å²) in [6.07, 6.45) is -0.00569. The highest BCUT2D eigenvalue weighted by molar-refractivity contribution is 6.66. The average molecular weight is 420 g/mol. The first-order valence-electron chi connectivity index (χ1n) is 8.71. The van der Waals surface area contributed by atoms with Crippen molar-refractivity contribution >= 4 is 41.1 Å². The summed E-state index contributed by atoms with van der Waals surface area (Å²) in [7, 11) is 1.37. The Bertz CT molecular complexity index is 606. The molecule has 1 rings (SSSR count). The first-order chi connectivity index (χ1) is 13.4. The molecule has 28 heavy (non-hydrogen) atoms. The van der Waals surface area contributed by atoms with Crippen LogP contribution in [0.3, 0.4) is 0 Å². The van der Waals surface area contributed by atoms with Crippen LogP contribution in [0.15, 0.2) is 15.0 Å². The Labute approximate surface area is 168 Å². The average Bonchev–Trinajstić information content (AvgIpc) is 2.71. The smallest absolute Gasteiger partial charge is 0.322 e. The van der Waals surface area contributed by atoms with Crippen LogP contribution in [-0.2, 0) is 19.1 Å². The number of carbonyl (C=O) groups is 2. The van der Waals surface area contributed by atoms with Gasteiger partial charge in [0.1, 0.15) is 6.10 Å². The number of nitrogens with one attached hydrogen (secondary N) is 1. The fourth-order valence-electron chi connectivity index (χ4n) is 1.95. The Balaban J connectivity index is 2.41. The van der Waals surface area contributed by atoms with Gasteiger partial charge in [-0.2, -0.15) is 4.99 Å². The van der Waals surface area contributed by atoms with Crippen molar-refractivity contribution in [3.8, 4) is 0 Å². The molecule has 0 radical (unpaired) electrons. The number of amides is 1. The van der Waals surface area contributed by atoms with Gasteiger partial charge in [-0.05, 0) is 11.6 Å². The number of hydrogen-bond donors (Lipinski definition) is 3. The molecule has 11 nitrogen and oxygen atoms in total. The van der Waals surface area contributed by atoms with Crippen molar-refractivity contribution in [2.75, 3.05) is 46.5 Å². The molecule has 2 atom stereocenters. The number of rotatable bonds is 7. The van der Waals surface area contributed by atoms with Crippen molar-refractivity contribution in [3.05, 3.63) is 0 Å². The van der Waals surface area contributed by atoms with Crippen LogP contribution in [0, 0.1) is 5.92 Å². The van der Waals surface area contributed by atoms with Gasteiger partial charge < -0.3 is 29.9 Å². The molecule has 1 heterocycles. The lowest BCUT2D eigenvalue weighted by Crippen LogP contribution is -2.40. The minimum atomic E-state index is -1.36. The normalized spacial score (nSPS) is 18.1. The zero-order valence-electron chi connectivity index (χ0n) is 15.9. The molecular formula is C16H26ClN5O6. The van der Waals surface area contributed by atoms with Crippen molar-refractivity contribution in [2.24, 2.45) is 20.9 Å². The van der Waals surface area contributed by atoms with Gasteiger partial charge >= 0.3 is 12.0 Å². The van der Waals surface area contributed by atoms with E-state index in [9.17, 15) is 14.7 Å². The van der Waals surface area contributed by atoms with Gasteiger partial charge in [0.25, 0.3) is 0 Å². The number of hydrogen-bond acceptors (Lipinski definition) is 7. The number of morpholine rings is 1. The van der Waals surface area contributed by atoms with Crippen LogP contribution in [0.4, 0.5) is 0 Å². The highest BCUT2D eigenvalue weighted by atomic mass is 35.5. The Hall–Kier alpha value is -2.08. The monoisotopic (exact) mass is 419 g/mol. The first kappa shape index (κ1) is 24.0. The molecular weight excluding hydrogens is 394 g/mol. The van der Waals surface area contributed by atoms with Crippen LogP contribution in [-0.4, -0.2) is 97.3 Å². The van der Waals surface area contributed by atoms with E-state index in [1.54, 1.807) is 0 Å². The number of aliphatic imine (C=N–C) groups is 3. The van der Waals surface area contributed by atoms with Gasteiger partial charge in [-0.1, -0.05) is 6.92 Å². The number of nitrogens with zero attached hydrogens (tertiary/aromatic N) is 4. The summed E-state index contributed by atoms with van der Waals surface area (Å²) in [4.78, 5) is 36.8. The predicted octanol–water partition coefficient (Wildman–Crippen LogP) is -1.03. The van der Waals surface area contributed by atoms with Crippen molar-refractivity contribution < 1.29 is 29.3 Å². The molecule has 0 spiro atoms. The molecule has 0 aliphatic carbocycles. The van der Waals surface area contributed by atoms with Gasteiger partial charge in [0, 0.05) is 39.2 Å². The molecule has 0 bridgehead atoms. The second-order valence-electron chi connectivity index (χ2n) is 5.90. The third-order valence-corrected chi connectivity index (χ3v) is 3.86. The molecule has 0 aromatic carbocycles. The SMILES string of the molecule is CN=C(/N=C(Cl)\N=C\N1CCOCC1)OC(=O)CCNC(=O)C(O)C(C)CO. The number of amidine groups is 2. The number of halogens is 1. The molecule has 12 heteroatoms. The van der Waals surface area contributed by atoms with Gasteiger partial charge in [0.05, 0.1) is 26.0 Å². The van der Waals surface area contributed by atoms with Crippen LogP contribution in [0.2, 0.25) is 0 Å². The highest BCUT2D eigenvalue weighted by Gasteiger charge is 2.21. The maximum absolute atomic E-state index is 11.8. The van der Waals surface area contributed by atoms with E-state index < -0.39 is 23.9 Å². The molecule has 0 aromatic heterocycles. The fourth-order valence-corrected chi connectivity index (χ4v) is 2.07. The predicted molar refractivity (Wildman–Crippen MR) is 104 cm³/mol.